The molecular weight excluding hydrogens is 186 g/mol. The Labute approximate surface area is 94.7 Å². The van der Waals surface area contributed by atoms with Crippen LogP contribution in [0.25, 0.3) is 0 Å². The Morgan fingerprint density at radius 1 is 1.27 bits per heavy atom. The van der Waals surface area contributed by atoms with Crippen molar-refractivity contribution in [3.63, 3.8) is 0 Å². The molecule has 90 valence electrons. The molecule has 2 nitrogen and oxygen atoms in total. The lowest BCUT2D eigenvalue weighted by Crippen LogP contribution is -2.42. The van der Waals surface area contributed by atoms with Crippen molar-refractivity contribution in [3.05, 3.63) is 0 Å². The molecule has 1 rings (SSSR count). The van der Waals surface area contributed by atoms with Gasteiger partial charge >= 0.3 is 0 Å². The second-order valence-electron chi connectivity index (χ2n) is 6.22. The molecule has 0 bridgehead atoms. The molecule has 2 heteroatoms. The topological polar surface area (TPSA) is 23.5 Å². The predicted octanol–water partition coefficient (Wildman–Crippen LogP) is 2.51. The third-order valence-electron chi connectivity index (χ3n) is 3.40. The maximum atomic E-state index is 9.74. The lowest BCUT2D eigenvalue weighted by atomic mass is 9.86. The summed E-state index contributed by atoms with van der Waals surface area (Å²) in [5.41, 5.74) is 0.0114. The first-order valence-electron chi connectivity index (χ1n) is 6.25. The van der Waals surface area contributed by atoms with E-state index in [1.807, 2.05) is 6.92 Å². The fourth-order valence-corrected chi connectivity index (χ4v) is 1.91. The summed E-state index contributed by atoms with van der Waals surface area (Å²) in [6.45, 7) is 12.9. The zero-order valence-electron chi connectivity index (χ0n) is 11.0. The number of hydrogen-bond acceptors (Lipinski definition) is 2. The summed E-state index contributed by atoms with van der Waals surface area (Å²) in [6, 6.07) is 0.797. The van der Waals surface area contributed by atoms with Gasteiger partial charge in [0.25, 0.3) is 0 Å². The van der Waals surface area contributed by atoms with Crippen LogP contribution in [0.2, 0.25) is 0 Å². The molecule has 1 fully saturated rings. The van der Waals surface area contributed by atoms with Gasteiger partial charge in [-0.1, -0.05) is 27.7 Å². The Kier molecular flexibility index (Phi) is 4.19. The van der Waals surface area contributed by atoms with Crippen molar-refractivity contribution in [2.75, 3.05) is 13.1 Å². The lowest BCUT2D eigenvalue weighted by molar-refractivity contribution is 0.0290. The largest absolute Gasteiger partial charge is 0.393 e. The van der Waals surface area contributed by atoms with Gasteiger partial charge in [0.2, 0.25) is 0 Å². The minimum atomic E-state index is -0.231. The van der Waals surface area contributed by atoms with E-state index in [0.29, 0.717) is 0 Å². The van der Waals surface area contributed by atoms with Crippen molar-refractivity contribution in [3.8, 4) is 0 Å². The Morgan fingerprint density at radius 2 is 1.80 bits per heavy atom. The summed E-state index contributed by atoms with van der Waals surface area (Å²) in [4.78, 5) is 2.57. The highest BCUT2D eigenvalue weighted by Gasteiger charge is 2.34. The molecule has 0 aromatic heterocycles. The van der Waals surface area contributed by atoms with Crippen LogP contribution in [0, 0.1) is 11.3 Å². The summed E-state index contributed by atoms with van der Waals surface area (Å²) in [6.07, 6.45) is 2.47. The van der Waals surface area contributed by atoms with Gasteiger partial charge in [-0.2, -0.15) is 0 Å². The van der Waals surface area contributed by atoms with Crippen LogP contribution in [-0.2, 0) is 0 Å². The maximum Gasteiger partial charge on any atom is 0.0575 e. The van der Waals surface area contributed by atoms with Gasteiger partial charge in [-0.25, -0.2) is 0 Å². The highest BCUT2D eigenvalue weighted by Crippen LogP contribution is 2.32. The minimum absolute atomic E-state index is 0.0114. The molecule has 0 heterocycles. The zero-order chi connectivity index (χ0) is 11.6. The second kappa shape index (κ2) is 4.84. The number of hydrogen-bond donors (Lipinski definition) is 1. The van der Waals surface area contributed by atoms with Gasteiger partial charge < -0.3 is 5.11 Å². The molecule has 1 aliphatic rings. The second-order valence-corrected chi connectivity index (χ2v) is 6.22. The standard InChI is InChI=1S/C13H27NO/c1-10(2)8-14(12-6-7-12)9-13(4,5)11(3)15/h10-12,15H,6-9H2,1-5H3. The van der Waals surface area contributed by atoms with Crippen molar-refractivity contribution in [2.45, 2.75) is 59.6 Å². The third kappa shape index (κ3) is 4.12. The van der Waals surface area contributed by atoms with Crippen molar-refractivity contribution in [1.82, 2.24) is 4.90 Å². The van der Waals surface area contributed by atoms with Gasteiger partial charge in [0, 0.05) is 24.5 Å². The molecule has 0 aliphatic heterocycles. The Balaban J connectivity index is 2.50. The quantitative estimate of drug-likeness (QED) is 0.733. The van der Waals surface area contributed by atoms with E-state index in [-0.39, 0.29) is 11.5 Å². The Morgan fingerprint density at radius 3 is 2.13 bits per heavy atom. The number of rotatable bonds is 6. The average molecular weight is 213 g/mol. The fraction of sp³-hybridized carbons (Fsp3) is 1.00. The Bertz CT molecular complexity index is 195. The van der Waals surface area contributed by atoms with Crippen LogP contribution in [0.1, 0.15) is 47.5 Å². The third-order valence-corrected chi connectivity index (χ3v) is 3.40. The van der Waals surface area contributed by atoms with Crippen LogP contribution in [0.3, 0.4) is 0 Å². The van der Waals surface area contributed by atoms with Crippen LogP contribution in [-0.4, -0.2) is 35.2 Å². The average Bonchev–Trinajstić information content (AvgIpc) is 2.82. The van der Waals surface area contributed by atoms with Gasteiger partial charge in [-0.05, 0) is 25.7 Å². The van der Waals surface area contributed by atoms with E-state index >= 15 is 0 Å². The first kappa shape index (κ1) is 13.0. The summed E-state index contributed by atoms with van der Waals surface area (Å²) in [5.74, 6) is 0.718. The molecular formula is C13H27NO. The SMILES string of the molecule is CC(C)CN(CC(C)(C)C(C)O)C1CC1. The monoisotopic (exact) mass is 213 g/mol. The van der Waals surface area contributed by atoms with Crippen LogP contribution in [0.15, 0.2) is 0 Å². The summed E-state index contributed by atoms with van der Waals surface area (Å²) >= 11 is 0. The van der Waals surface area contributed by atoms with Crippen molar-refractivity contribution in [1.29, 1.82) is 0 Å². The molecule has 1 atom stereocenters. The van der Waals surface area contributed by atoms with E-state index in [0.717, 1.165) is 18.5 Å². The highest BCUT2D eigenvalue weighted by atomic mass is 16.3. The van der Waals surface area contributed by atoms with Gasteiger partial charge in [-0.3, -0.25) is 4.90 Å². The summed E-state index contributed by atoms with van der Waals surface area (Å²) in [7, 11) is 0. The molecule has 0 radical (unpaired) electrons. The van der Waals surface area contributed by atoms with Gasteiger partial charge in [-0.15, -0.1) is 0 Å². The summed E-state index contributed by atoms with van der Waals surface area (Å²) < 4.78 is 0. The van der Waals surface area contributed by atoms with Gasteiger partial charge in [0.1, 0.15) is 0 Å². The molecule has 15 heavy (non-hydrogen) atoms. The molecule has 0 amide bonds. The van der Waals surface area contributed by atoms with E-state index in [2.05, 4.69) is 32.6 Å². The first-order valence-corrected chi connectivity index (χ1v) is 6.25. The van der Waals surface area contributed by atoms with Gasteiger partial charge in [0.15, 0.2) is 0 Å². The molecule has 1 unspecified atom stereocenters. The molecule has 0 spiro atoms. The Hall–Kier alpha value is -0.0800. The van der Waals surface area contributed by atoms with Crippen molar-refractivity contribution in [2.24, 2.45) is 11.3 Å². The normalized spacial score (nSPS) is 20.0. The molecule has 0 saturated heterocycles. The van der Waals surface area contributed by atoms with Crippen LogP contribution < -0.4 is 0 Å². The number of aliphatic hydroxyl groups excluding tert-OH is 1. The fourth-order valence-electron chi connectivity index (χ4n) is 1.91. The molecule has 0 aromatic rings. The number of aliphatic hydroxyl groups is 1. The maximum absolute atomic E-state index is 9.74. The van der Waals surface area contributed by atoms with Crippen LogP contribution in [0.4, 0.5) is 0 Å². The summed E-state index contributed by atoms with van der Waals surface area (Å²) in [5, 5.41) is 9.74. The van der Waals surface area contributed by atoms with Crippen molar-refractivity contribution >= 4 is 0 Å². The van der Waals surface area contributed by atoms with Crippen LogP contribution in [0.5, 0.6) is 0 Å². The zero-order valence-corrected chi connectivity index (χ0v) is 11.0. The van der Waals surface area contributed by atoms with E-state index in [1.54, 1.807) is 0 Å². The van der Waals surface area contributed by atoms with Gasteiger partial charge in [0.05, 0.1) is 6.10 Å². The van der Waals surface area contributed by atoms with Crippen molar-refractivity contribution < 1.29 is 5.11 Å². The van der Waals surface area contributed by atoms with Crippen LogP contribution >= 0.6 is 0 Å². The predicted molar refractivity (Wildman–Crippen MR) is 64.9 cm³/mol. The smallest absolute Gasteiger partial charge is 0.0575 e. The van der Waals surface area contributed by atoms with E-state index in [9.17, 15) is 5.11 Å². The lowest BCUT2D eigenvalue weighted by Gasteiger charge is -2.35. The molecule has 1 aliphatic carbocycles. The highest BCUT2D eigenvalue weighted by molar-refractivity contribution is 4.89. The molecule has 0 aromatic carbocycles. The molecule has 1 saturated carbocycles. The first-order chi connectivity index (χ1) is 6.83. The number of nitrogens with zero attached hydrogens (tertiary/aromatic N) is 1. The van der Waals surface area contributed by atoms with E-state index in [1.165, 1.54) is 19.4 Å². The van der Waals surface area contributed by atoms with E-state index < -0.39 is 0 Å². The molecule has 1 N–H and O–H groups in total. The minimum Gasteiger partial charge on any atom is -0.393 e. The van der Waals surface area contributed by atoms with E-state index in [4.69, 9.17) is 0 Å².